The highest BCUT2D eigenvalue weighted by Gasteiger charge is 2.33. The number of fused-ring (bicyclic) bond motifs is 2. The number of anilines is 1. The van der Waals surface area contributed by atoms with Gasteiger partial charge < -0.3 is 9.74 Å². The third-order valence-electron chi connectivity index (χ3n) is 5.33. The molecule has 7 nitrogen and oxygen atoms in total. The second-order valence-electron chi connectivity index (χ2n) is 7.38. The summed E-state index contributed by atoms with van der Waals surface area (Å²) in [6.07, 6.45) is 10.1. The molecule has 0 atom stereocenters. The van der Waals surface area contributed by atoms with Gasteiger partial charge in [-0.2, -0.15) is 0 Å². The number of carbonyl (C=O) groups is 4. The van der Waals surface area contributed by atoms with E-state index in [9.17, 15) is 19.2 Å². The lowest BCUT2D eigenvalue weighted by Crippen LogP contribution is -2.35. The average molecular weight is 406 g/mol. The van der Waals surface area contributed by atoms with Crippen molar-refractivity contribution >= 4 is 35.5 Å². The number of hydrogen-bond donors (Lipinski definition) is 0. The third kappa shape index (κ3) is 4.10. The molecule has 0 N–H and O–H groups in total. The number of imide groups is 1. The molecule has 1 aromatic carbocycles. The van der Waals surface area contributed by atoms with Crippen molar-refractivity contribution in [1.29, 1.82) is 0 Å². The Morgan fingerprint density at radius 3 is 2.47 bits per heavy atom. The normalized spacial score (nSPS) is 19.2. The summed E-state index contributed by atoms with van der Waals surface area (Å²) in [6.45, 7) is 0.421. The first kappa shape index (κ1) is 19.8. The summed E-state index contributed by atoms with van der Waals surface area (Å²) in [5.74, 6) is -2.07. The maximum Gasteiger partial charge on any atom is 0.333 e. The van der Waals surface area contributed by atoms with Gasteiger partial charge in [-0.25, -0.2) is 4.79 Å². The Labute approximate surface area is 174 Å². The van der Waals surface area contributed by atoms with Crippen LogP contribution in [0.1, 0.15) is 44.1 Å². The lowest BCUT2D eigenvalue weighted by Gasteiger charge is -2.29. The maximum absolute atomic E-state index is 13.1. The molecule has 0 unspecified atom stereocenters. The third-order valence-corrected chi connectivity index (χ3v) is 5.33. The van der Waals surface area contributed by atoms with Crippen molar-refractivity contribution in [2.24, 2.45) is 0 Å². The van der Waals surface area contributed by atoms with Gasteiger partial charge in [0.15, 0.2) is 0 Å². The van der Waals surface area contributed by atoms with Crippen LogP contribution in [0.15, 0.2) is 53.6 Å². The van der Waals surface area contributed by atoms with Crippen molar-refractivity contribution in [3.63, 3.8) is 0 Å². The SMILES string of the molecule is O=C(CCC(=O)N1CC2=CCCC=C2/C=C\c2ccccc21)ON1C(=O)CCC1=O. The van der Waals surface area contributed by atoms with Crippen LogP contribution >= 0.6 is 0 Å². The molecule has 1 aliphatic carbocycles. The van der Waals surface area contributed by atoms with E-state index in [1.54, 1.807) is 4.90 Å². The molecule has 0 spiro atoms. The quantitative estimate of drug-likeness (QED) is 0.718. The van der Waals surface area contributed by atoms with Crippen molar-refractivity contribution in [2.75, 3.05) is 11.4 Å². The Kier molecular flexibility index (Phi) is 5.61. The van der Waals surface area contributed by atoms with Crippen molar-refractivity contribution < 1.29 is 24.0 Å². The lowest BCUT2D eigenvalue weighted by molar-refractivity contribution is -0.197. The zero-order chi connectivity index (χ0) is 21.1. The van der Waals surface area contributed by atoms with Gasteiger partial charge in [0, 0.05) is 19.3 Å². The number of rotatable bonds is 4. The highest BCUT2D eigenvalue weighted by atomic mass is 16.7. The molecule has 4 rings (SSSR count). The monoisotopic (exact) mass is 406 g/mol. The zero-order valence-electron chi connectivity index (χ0n) is 16.5. The Bertz CT molecular complexity index is 989. The smallest absolute Gasteiger partial charge is 0.330 e. The Morgan fingerprint density at radius 1 is 0.933 bits per heavy atom. The van der Waals surface area contributed by atoms with Gasteiger partial charge in [0.25, 0.3) is 11.8 Å². The van der Waals surface area contributed by atoms with Crippen LogP contribution in [0.25, 0.3) is 6.08 Å². The summed E-state index contributed by atoms with van der Waals surface area (Å²) >= 11 is 0. The van der Waals surface area contributed by atoms with Crippen LogP contribution in [-0.4, -0.2) is 35.3 Å². The molecule has 2 heterocycles. The topological polar surface area (TPSA) is 84.0 Å². The molecule has 154 valence electrons. The Balaban J connectivity index is 1.48. The van der Waals surface area contributed by atoms with E-state index >= 15 is 0 Å². The standard InChI is InChI=1S/C23H22N2O5/c26-20(13-14-23(29)30-25-21(27)11-12-22(25)28)24-15-18-7-2-1-5-16(18)9-10-17-6-3-4-8-19(17)24/h3-10H,1-2,11-15H2/b10-9-. The van der Waals surface area contributed by atoms with E-state index in [-0.39, 0.29) is 31.6 Å². The first-order chi connectivity index (χ1) is 14.5. The molecule has 0 radical (unpaired) electrons. The van der Waals surface area contributed by atoms with Gasteiger partial charge >= 0.3 is 5.97 Å². The summed E-state index contributed by atoms with van der Waals surface area (Å²) in [4.78, 5) is 54.9. The predicted octanol–water partition coefficient (Wildman–Crippen LogP) is 3.08. The second-order valence-corrected chi connectivity index (χ2v) is 7.38. The van der Waals surface area contributed by atoms with Crippen molar-refractivity contribution in [3.8, 4) is 0 Å². The summed E-state index contributed by atoms with van der Waals surface area (Å²) < 4.78 is 0. The van der Waals surface area contributed by atoms with E-state index in [1.807, 2.05) is 30.3 Å². The first-order valence-electron chi connectivity index (χ1n) is 10.1. The summed E-state index contributed by atoms with van der Waals surface area (Å²) in [6, 6.07) is 7.62. The fourth-order valence-corrected chi connectivity index (χ4v) is 3.76. The highest BCUT2D eigenvalue weighted by Crippen LogP contribution is 2.31. The minimum atomic E-state index is -0.773. The highest BCUT2D eigenvalue weighted by molar-refractivity contribution is 6.02. The van der Waals surface area contributed by atoms with Gasteiger partial charge in [0.2, 0.25) is 5.91 Å². The van der Waals surface area contributed by atoms with Gasteiger partial charge in [0.1, 0.15) is 0 Å². The molecule has 3 aliphatic rings. The fraction of sp³-hybridized carbons (Fsp3) is 0.304. The van der Waals surface area contributed by atoms with Crippen molar-refractivity contribution in [3.05, 3.63) is 59.2 Å². The molecule has 30 heavy (non-hydrogen) atoms. The van der Waals surface area contributed by atoms with Gasteiger partial charge in [0.05, 0.1) is 18.7 Å². The lowest BCUT2D eigenvalue weighted by atomic mass is 9.94. The van der Waals surface area contributed by atoms with E-state index < -0.39 is 17.8 Å². The minimum absolute atomic E-state index is 0.0358. The number of nitrogens with zero attached hydrogens (tertiary/aromatic N) is 2. The molecular weight excluding hydrogens is 384 g/mol. The molecule has 0 aromatic heterocycles. The zero-order valence-corrected chi connectivity index (χ0v) is 16.5. The molecule has 1 aromatic rings. The van der Waals surface area contributed by atoms with Gasteiger partial charge in [-0.05, 0) is 35.6 Å². The first-order valence-corrected chi connectivity index (χ1v) is 10.1. The molecule has 2 aliphatic heterocycles. The second kappa shape index (κ2) is 8.49. The number of allylic oxidation sites excluding steroid dienone is 3. The predicted molar refractivity (Wildman–Crippen MR) is 110 cm³/mol. The molecule has 1 fully saturated rings. The number of benzene rings is 1. The number of carbonyl (C=O) groups excluding carboxylic acids is 4. The molecule has 0 bridgehead atoms. The summed E-state index contributed by atoms with van der Waals surface area (Å²) in [5.41, 5.74) is 3.89. The van der Waals surface area contributed by atoms with Crippen LogP contribution in [0.2, 0.25) is 0 Å². The molecule has 7 heteroatoms. The number of amides is 3. The molecule has 0 saturated carbocycles. The largest absolute Gasteiger partial charge is 0.333 e. The van der Waals surface area contributed by atoms with Crippen LogP contribution in [0, 0.1) is 0 Å². The van der Waals surface area contributed by atoms with Crippen molar-refractivity contribution in [1.82, 2.24) is 5.06 Å². The minimum Gasteiger partial charge on any atom is -0.330 e. The summed E-state index contributed by atoms with van der Waals surface area (Å²) in [7, 11) is 0. The molecular formula is C23H22N2O5. The number of para-hydroxylation sites is 1. The maximum atomic E-state index is 13.1. The van der Waals surface area contributed by atoms with Gasteiger partial charge in [-0.3, -0.25) is 14.4 Å². The van der Waals surface area contributed by atoms with Gasteiger partial charge in [-0.15, -0.1) is 5.06 Å². The van der Waals surface area contributed by atoms with E-state index in [0.29, 0.717) is 11.6 Å². The van der Waals surface area contributed by atoms with Crippen LogP contribution in [0.5, 0.6) is 0 Å². The van der Waals surface area contributed by atoms with E-state index in [2.05, 4.69) is 18.2 Å². The van der Waals surface area contributed by atoms with Crippen LogP contribution in [0.3, 0.4) is 0 Å². The van der Waals surface area contributed by atoms with Crippen LogP contribution in [-0.2, 0) is 24.0 Å². The molecule has 3 amide bonds. The van der Waals surface area contributed by atoms with Crippen LogP contribution < -0.4 is 4.90 Å². The molecule has 1 saturated heterocycles. The summed E-state index contributed by atoms with van der Waals surface area (Å²) in [5, 5.41) is 0.507. The van der Waals surface area contributed by atoms with E-state index in [4.69, 9.17) is 4.84 Å². The Morgan fingerprint density at radius 2 is 1.67 bits per heavy atom. The van der Waals surface area contributed by atoms with Crippen molar-refractivity contribution in [2.45, 2.75) is 38.5 Å². The van der Waals surface area contributed by atoms with E-state index in [0.717, 1.165) is 35.2 Å². The number of hydroxylamine groups is 2. The van der Waals surface area contributed by atoms with E-state index in [1.165, 1.54) is 0 Å². The van der Waals surface area contributed by atoms with Crippen LogP contribution in [0.4, 0.5) is 5.69 Å². The van der Waals surface area contributed by atoms with Gasteiger partial charge in [-0.1, -0.05) is 42.5 Å². The fourth-order valence-electron chi connectivity index (χ4n) is 3.76. The number of hydrogen-bond acceptors (Lipinski definition) is 5. The average Bonchev–Trinajstić information content (AvgIpc) is 3.05. The Hall–Kier alpha value is -3.48.